The van der Waals surface area contributed by atoms with Gasteiger partial charge in [-0.1, -0.05) is 71.7 Å². The Morgan fingerprint density at radius 2 is 1.53 bits per heavy atom. The molecule has 0 aliphatic carbocycles. The summed E-state index contributed by atoms with van der Waals surface area (Å²) < 4.78 is 5.27. The molecule has 228 valence electrons. The second kappa shape index (κ2) is 13.5. The lowest BCUT2D eigenvalue weighted by Gasteiger charge is -2.39. The van der Waals surface area contributed by atoms with Gasteiger partial charge in [0.25, 0.3) is 5.91 Å². The molecule has 3 fully saturated rings. The van der Waals surface area contributed by atoms with E-state index >= 15 is 0 Å². The van der Waals surface area contributed by atoms with Gasteiger partial charge in [0.05, 0.1) is 28.1 Å². The monoisotopic (exact) mass is 641 g/mol. The molecule has 0 radical (unpaired) electrons. The molecule has 9 heteroatoms. The van der Waals surface area contributed by atoms with Gasteiger partial charge in [-0.25, -0.2) is 0 Å². The minimum atomic E-state index is -0.250. The molecular weight excluding hydrogens is 605 g/mol. The first-order valence-electron chi connectivity index (χ1n) is 14.8. The van der Waals surface area contributed by atoms with E-state index in [1.54, 1.807) is 25.3 Å². The summed E-state index contributed by atoms with van der Waals surface area (Å²) in [7, 11) is 1.66. The SMILES string of the molecule is COc1ccc(CN2CCC3(CCN(CC4CN(C(=O)c5c(Cl)cccc5Cl)CC4c4ccccc4)CC3)C2=O)cc1.Cl. The van der Waals surface area contributed by atoms with Crippen molar-refractivity contribution in [3.63, 3.8) is 0 Å². The van der Waals surface area contributed by atoms with Crippen LogP contribution < -0.4 is 4.74 Å². The Morgan fingerprint density at radius 3 is 2.19 bits per heavy atom. The summed E-state index contributed by atoms with van der Waals surface area (Å²) in [5.74, 6) is 1.51. The maximum atomic E-state index is 13.6. The summed E-state index contributed by atoms with van der Waals surface area (Å²) in [5, 5.41) is 0.770. The molecule has 3 aliphatic heterocycles. The van der Waals surface area contributed by atoms with Crippen molar-refractivity contribution in [1.29, 1.82) is 0 Å². The molecule has 0 saturated carbocycles. The molecule has 3 aliphatic rings. The maximum absolute atomic E-state index is 13.6. The molecule has 2 unspecified atom stereocenters. The lowest BCUT2D eigenvalue weighted by atomic mass is 9.76. The Labute approximate surface area is 270 Å². The number of amides is 2. The summed E-state index contributed by atoms with van der Waals surface area (Å²) >= 11 is 12.8. The average molecular weight is 643 g/mol. The van der Waals surface area contributed by atoms with Crippen LogP contribution in [-0.2, 0) is 11.3 Å². The molecule has 6 rings (SSSR count). The van der Waals surface area contributed by atoms with Crippen LogP contribution in [0.5, 0.6) is 5.75 Å². The van der Waals surface area contributed by atoms with Crippen molar-refractivity contribution in [2.45, 2.75) is 31.7 Å². The quantitative estimate of drug-likeness (QED) is 0.285. The predicted molar refractivity (Wildman–Crippen MR) is 173 cm³/mol. The Kier molecular flexibility index (Phi) is 9.92. The number of nitrogens with zero attached hydrogens (tertiary/aromatic N) is 3. The van der Waals surface area contributed by atoms with Gasteiger partial charge >= 0.3 is 0 Å². The van der Waals surface area contributed by atoms with Gasteiger partial charge in [-0.2, -0.15) is 0 Å². The van der Waals surface area contributed by atoms with Gasteiger partial charge in [0.1, 0.15) is 5.75 Å². The number of carbonyl (C=O) groups is 2. The van der Waals surface area contributed by atoms with Crippen LogP contribution in [0.4, 0.5) is 0 Å². The first-order valence-corrected chi connectivity index (χ1v) is 15.6. The minimum Gasteiger partial charge on any atom is -0.497 e. The van der Waals surface area contributed by atoms with Crippen LogP contribution in [0, 0.1) is 11.3 Å². The first kappa shape index (κ1) is 31.6. The highest BCUT2D eigenvalue weighted by Gasteiger charge is 2.48. The van der Waals surface area contributed by atoms with Crippen molar-refractivity contribution < 1.29 is 14.3 Å². The lowest BCUT2D eigenvalue weighted by molar-refractivity contribution is -0.139. The van der Waals surface area contributed by atoms with Crippen LogP contribution in [0.2, 0.25) is 10.0 Å². The highest BCUT2D eigenvalue weighted by atomic mass is 35.5. The number of rotatable bonds is 7. The number of benzene rings is 3. The summed E-state index contributed by atoms with van der Waals surface area (Å²) in [6.07, 6.45) is 2.68. The molecular formula is C34H38Cl3N3O3. The van der Waals surface area contributed by atoms with Crippen molar-refractivity contribution in [3.05, 3.63) is 99.5 Å². The molecule has 0 bridgehead atoms. The van der Waals surface area contributed by atoms with E-state index in [2.05, 4.69) is 29.2 Å². The smallest absolute Gasteiger partial charge is 0.256 e. The number of methoxy groups -OCH3 is 1. The van der Waals surface area contributed by atoms with Crippen LogP contribution in [0.3, 0.4) is 0 Å². The summed E-state index contributed by atoms with van der Waals surface area (Å²) in [6, 6.07) is 23.7. The molecule has 6 nitrogen and oxygen atoms in total. The number of halogens is 3. The summed E-state index contributed by atoms with van der Waals surface area (Å²) in [6.45, 7) is 5.41. The molecule has 2 atom stereocenters. The molecule has 1 spiro atoms. The molecule has 3 aromatic carbocycles. The fraction of sp³-hybridized carbons (Fsp3) is 0.412. The predicted octanol–water partition coefficient (Wildman–Crippen LogP) is 6.79. The molecule has 43 heavy (non-hydrogen) atoms. The van der Waals surface area contributed by atoms with Crippen LogP contribution >= 0.6 is 35.6 Å². The van der Waals surface area contributed by atoms with E-state index in [-0.39, 0.29) is 35.6 Å². The standard InChI is InChI=1S/C34H37Cl2N3O3.ClH/c1-42-27-12-10-24(11-13-27)20-38-19-16-34(33(38)41)14-17-37(18-15-34)21-26-22-39(23-28(26)25-6-3-2-4-7-25)32(40)31-29(35)8-5-9-30(31)36;/h2-13,26,28H,14-23H2,1H3;1H. The Hall–Kier alpha value is -2.77. The van der Waals surface area contributed by atoms with Crippen LogP contribution in [0.15, 0.2) is 72.8 Å². The van der Waals surface area contributed by atoms with E-state index in [9.17, 15) is 9.59 Å². The molecule has 0 aromatic heterocycles. The fourth-order valence-electron chi connectivity index (χ4n) is 7.11. The van der Waals surface area contributed by atoms with E-state index in [4.69, 9.17) is 27.9 Å². The van der Waals surface area contributed by atoms with Crippen molar-refractivity contribution in [2.75, 3.05) is 46.4 Å². The zero-order chi connectivity index (χ0) is 29.3. The van der Waals surface area contributed by atoms with Gasteiger partial charge in [0, 0.05) is 38.6 Å². The summed E-state index contributed by atoms with van der Waals surface area (Å²) in [5.41, 5.74) is 2.51. The zero-order valence-corrected chi connectivity index (χ0v) is 26.7. The zero-order valence-electron chi connectivity index (χ0n) is 24.4. The van der Waals surface area contributed by atoms with E-state index in [1.165, 1.54) is 5.56 Å². The third kappa shape index (κ3) is 6.53. The average Bonchev–Trinajstić information content (AvgIpc) is 3.56. The van der Waals surface area contributed by atoms with Gasteiger partial charge < -0.3 is 19.4 Å². The number of hydrogen-bond acceptors (Lipinski definition) is 4. The highest BCUT2D eigenvalue weighted by Crippen LogP contribution is 2.43. The number of ether oxygens (including phenoxy) is 1. The normalized spacial score (nSPS) is 21.7. The fourth-order valence-corrected chi connectivity index (χ4v) is 7.67. The molecule has 0 N–H and O–H groups in total. The minimum absolute atomic E-state index is 0. The molecule has 2 amide bonds. The molecule has 3 saturated heterocycles. The summed E-state index contributed by atoms with van der Waals surface area (Å²) in [4.78, 5) is 33.7. The van der Waals surface area contributed by atoms with Crippen LogP contribution in [0.1, 0.15) is 46.7 Å². The third-order valence-electron chi connectivity index (χ3n) is 9.57. The van der Waals surface area contributed by atoms with E-state index in [1.807, 2.05) is 40.1 Å². The second-order valence-corrected chi connectivity index (χ2v) is 12.8. The van der Waals surface area contributed by atoms with E-state index in [0.717, 1.165) is 56.8 Å². The number of likely N-dealkylation sites (tertiary alicyclic amines) is 3. The Morgan fingerprint density at radius 1 is 0.884 bits per heavy atom. The van der Waals surface area contributed by atoms with Gasteiger partial charge in [0.2, 0.25) is 5.91 Å². The second-order valence-electron chi connectivity index (χ2n) is 12.0. The van der Waals surface area contributed by atoms with Crippen molar-refractivity contribution in [1.82, 2.24) is 14.7 Å². The van der Waals surface area contributed by atoms with Crippen LogP contribution in [-0.4, -0.2) is 72.9 Å². The van der Waals surface area contributed by atoms with Gasteiger partial charge in [-0.3, -0.25) is 9.59 Å². The highest BCUT2D eigenvalue weighted by molar-refractivity contribution is 6.39. The number of piperidine rings is 1. The van der Waals surface area contributed by atoms with Gasteiger partial charge in [-0.15, -0.1) is 12.4 Å². The largest absolute Gasteiger partial charge is 0.497 e. The van der Waals surface area contributed by atoms with E-state index in [0.29, 0.717) is 41.2 Å². The third-order valence-corrected chi connectivity index (χ3v) is 10.2. The Balaban J connectivity index is 0.00000368. The van der Waals surface area contributed by atoms with E-state index < -0.39 is 0 Å². The van der Waals surface area contributed by atoms with Crippen LogP contribution in [0.25, 0.3) is 0 Å². The molecule has 3 aromatic rings. The first-order chi connectivity index (χ1) is 20.4. The molecule has 3 heterocycles. The topological polar surface area (TPSA) is 53.1 Å². The van der Waals surface area contributed by atoms with Crippen molar-refractivity contribution in [2.24, 2.45) is 11.3 Å². The van der Waals surface area contributed by atoms with Gasteiger partial charge in [0.15, 0.2) is 0 Å². The van der Waals surface area contributed by atoms with Crippen molar-refractivity contribution >= 4 is 47.4 Å². The Bertz CT molecular complexity index is 1410. The number of carbonyl (C=O) groups excluding carboxylic acids is 2. The lowest BCUT2D eigenvalue weighted by Crippen LogP contribution is -2.46. The number of hydrogen-bond donors (Lipinski definition) is 0. The van der Waals surface area contributed by atoms with Crippen molar-refractivity contribution in [3.8, 4) is 5.75 Å². The maximum Gasteiger partial charge on any atom is 0.256 e. The van der Waals surface area contributed by atoms with Gasteiger partial charge in [-0.05, 0) is 73.7 Å².